The van der Waals surface area contributed by atoms with Crippen molar-refractivity contribution in [3.63, 3.8) is 0 Å². The average molecular weight is 291 g/mol. The normalized spacial score (nSPS) is 10.9. The van der Waals surface area contributed by atoms with E-state index in [1.54, 1.807) is 18.2 Å². The second kappa shape index (κ2) is 6.05. The first-order chi connectivity index (χ1) is 9.08. The molecule has 0 unspecified atom stereocenters. The van der Waals surface area contributed by atoms with Crippen LogP contribution in [-0.4, -0.2) is 5.78 Å². The fourth-order valence-electron chi connectivity index (χ4n) is 1.63. The molecule has 2 rings (SSSR count). The molecule has 0 N–H and O–H groups in total. The van der Waals surface area contributed by atoms with E-state index < -0.39 is 0 Å². The summed E-state index contributed by atoms with van der Waals surface area (Å²) >= 11 is 12.0. The van der Waals surface area contributed by atoms with Crippen LogP contribution in [-0.2, 0) is 0 Å². The summed E-state index contributed by atoms with van der Waals surface area (Å²) in [5.74, 6) is -0.0592. The van der Waals surface area contributed by atoms with Gasteiger partial charge >= 0.3 is 0 Å². The molecule has 0 aliphatic carbocycles. The van der Waals surface area contributed by atoms with E-state index in [2.05, 4.69) is 0 Å². The molecule has 19 heavy (non-hydrogen) atoms. The van der Waals surface area contributed by atoms with Gasteiger partial charge in [-0.1, -0.05) is 65.2 Å². The summed E-state index contributed by atoms with van der Waals surface area (Å²) in [5, 5.41) is 0.934. The molecule has 0 fully saturated rings. The molecule has 0 radical (unpaired) electrons. The van der Waals surface area contributed by atoms with Crippen LogP contribution in [0.5, 0.6) is 0 Å². The standard InChI is InChI=1S/C16H12Cl2O/c1-11-5-7-12(8-6-11)15(19)10-9-13-3-2-4-14(17)16(13)18/h2-10H,1H3. The molecule has 2 aromatic rings. The van der Waals surface area contributed by atoms with E-state index in [4.69, 9.17) is 23.2 Å². The second-order valence-electron chi connectivity index (χ2n) is 4.21. The van der Waals surface area contributed by atoms with E-state index >= 15 is 0 Å². The monoisotopic (exact) mass is 290 g/mol. The fraction of sp³-hybridized carbons (Fsp3) is 0.0625. The number of allylic oxidation sites excluding steroid dienone is 1. The van der Waals surface area contributed by atoms with E-state index in [1.807, 2.05) is 37.3 Å². The van der Waals surface area contributed by atoms with Crippen LogP contribution in [0, 0.1) is 6.92 Å². The predicted octanol–water partition coefficient (Wildman–Crippen LogP) is 5.20. The summed E-state index contributed by atoms with van der Waals surface area (Å²) in [4.78, 5) is 12.0. The first kappa shape index (κ1) is 13.9. The van der Waals surface area contributed by atoms with Crippen molar-refractivity contribution >= 4 is 35.1 Å². The van der Waals surface area contributed by atoms with Gasteiger partial charge in [-0.3, -0.25) is 4.79 Å². The van der Waals surface area contributed by atoms with Crippen LogP contribution >= 0.6 is 23.2 Å². The Labute approximate surface area is 122 Å². The van der Waals surface area contributed by atoms with Crippen molar-refractivity contribution in [3.8, 4) is 0 Å². The lowest BCUT2D eigenvalue weighted by molar-refractivity contribution is 0.104. The minimum atomic E-state index is -0.0592. The topological polar surface area (TPSA) is 17.1 Å². The van der Waals surface area contributed by atoms with Crippen molar-refractivity contribution in [2.24, 2.45) is 0 Å². The third kappa shape index (κ3) is 3.46. The van der Waals surface area contributed by atoms with Gasteiger partial charge in [0.05, 0.1) is 10.0 Å². The van der Waals surface area contributed by atoms with Gasteiger partial charge in [0, 0.05) is 5.56 Å². The Kier molecular flexibility index (Phi) is 4.41. The van der Waals surface area contributed by atoms with Crippen LogP contribution in [0.25, 0.3) is 6.08 Å². The van der Waals surface area contributed by atoms with Gasteiger partial charge in [-0.25, -0.2) is 0 Å². The fourth-order valence-corrected chi connectivity index (χ4v) is 2.00. The summed E-state index contributed by atoms with van der Waals surface area (Å²) in [6, 6.07) is 12.8. The highest BCUT2D eigenvalue weighted by Gasteiger charge is 2.03. The van der Waals surface area contributed by atoms with Gasteiger partial charge in [0.15, 0.2) is 5.78 Å². The van der Waals surface area contributed by atoms with Crippen LogP contribution in [0.2, 0.25) is 10.0 Å². The molecule has 0 spiro atoms. The van der Waals surface area contributed by atoms with Crippen molar-refractivity contribution < 1.29 is 4.79 Å². The molecule has 0 amide bonds. The molecular formula is C16H12Cl2O. The molecule has 1 nitrogen and oxygen atoms in total. The van der Waals surface area contributed by atoms with Crippen LogP contribution in [0.1, 0.15) is 21.5 Å². The van der Waals surface area contributed by atoms with E-state index in [1.165, 1.54) is 6.08 Å². The lowest BCUT2D eigenvalue weighted by Crippen LogP contribution is -1.93. The first-order valence-electron chi connectivity index (χ1n) is 5.81. The zero-order chi connectivity index (χ0) is 13.8. The van der Waals surface area contributed by atoms with Gasteiger partial charge in [0.2, 0.25) is 0 Å². The highest BCUT2D eigenvalue weighted by Crippen LogP contribution is 2.26. The van der Waals surface area contributed by atoms with Crippen molar-refractivity contribution in [2.75, 3.05) is 0 Å². The number of hydrogen-bond donors (Lipinski definition) is 0. The summed E-state index contributed by atoms with van der Waals surface area (Å²) in [5.41, 5.74) is 2.51. The number of ketones is 1. The van der Waals surface area contributed by atoms with Gasteiger partial charge in [-0.15, -0.1) is 0 Å². The molecule has 0 heterocycles. The molecule has 0 saturated heterocycles. The Morgan fingerprint density at radius 3 is 2.42 bits per heavy atom. The lowest BCUT2D eigenvalue weighted by atomic mass is 10.1. The number of benzene rings is 2. The SMILES string of the molecule is Cc1ccc(C(=O)C=Cc2cccc(Cl)c2Cl)cc1. The zero-order valence-electron chi connectivity index (χ0n) is 10.4. The summed E-state index contributed by atoms with van der Waals surface area (Å²) in [7, 11) is 0. The largest absolute Gasteiger partial charge is 0.289 e. The van der Waals surface area contributed by atoms with E-state index in [0.29, 0.717) is 15.6 Å². The minimum Gasteiger partial charge on any atom is -0.289 e. The molecule has 2 aromatic carbocycles. The van der Waals surface area contributed by atoms with Crippen LogP contribution in [0.15, 0.2) is 48.5 Å². The Balaban J connectivity index is 2.21. The van der Waals surface area contributed by atoms with Gasteiger partial charge in [-0.2, -0.15) is 0 Å². The minimum absolute atomic E-state index is 0.0592. The highest BCUT2D eigenvalue weighted by atomic mass is 35.5. The number of rotatable bonds is 3. The van der Waals surface area contributed by atoms with Crippen LogP contribution in [0.3, 0.4) is 0 Å². The molecule has 96 valence electrons. The van der Waals surface area contributed by atoms with Crippen LogP contribution in [0.4, 0.5) is 0 Å². The van der Waals surface area contributed by atoms with Gasteiger partial charge in [-0.05, 0) is 30.7 Å². The van der Waals surface area contributed by atoms with Crippen molar-refractivity contribution in [2.45, 2.75) is 6.92 Å². The van der Waals surface area contributed by atoms with E-state index in [0.717, 1.165) is 11.1 Å². The number of halogens is 2. The predicted molar refractivity (Wildman–Crippen MR) is 81.0 cm³/mol. The molecule has 0 bridgehead atoms. The number of carbonyl (C=O) groups excluding carboxylic acids is 1. The number of aryl methyl sites for hydroxylation is 1. The third-order valence-electron chi connectivity index (χ3n) is 2.73. The molecular weight excluding hydrogens is 279 g/mol. The summed E-state index contributed by atoms with van der Waals surface area (Å²) < 4.78 is 0. The first-order valence-corrected chi connectivity index (χ1v) is 6.56. The smallest absolute Gasteiger partial charge is 0.185 e. The molecule has 0 aromatic heterocycles. The van der Waals surface area contributed by atoms with Crippen molar-refractivity contribution in [1.82, 2.24) is 0 Å². The lowest BCUT2D eigenvalue weighted by Gasteiger charge is -2.00. The van der Waals surface area contributed by atoms with E-state index in [9.17, 15) is 4.79 Å². The van der Waals surface area contributed by atoms with Gasteiger partial charge in [0.1, 0.15) is 0 Å². The Morgan fingerprint density at radius 1 is 1.05 bits per heavy atom. The number of hydrogen-bond acceptors (Lipinski definition) is 1. The third-order valence-corrected chi connectivity index (χ3v) is 3.57. The highest BCUT2D eigenvalue weighted by molar-refractivity contribution is 6.42. The molecule has 0 aliphatic heterocycles. The molecule has 0 aliphatic rings. The van der Waals surface area contributed by atoms with Gasteiger partial charge in [0.25, 0.3) is 0 Å². The maximum absolute atomic E-state index is 12.0. The summed E-state index contributed by atoms with van der Waals surface area (Å²) in [6.07, 6.45) is 3.18. The van der Waals surface area contributed by atoms with Crippen molar-refractivity contribution in [3.05, 3.63) is 75.3 Å². The Hall–Kier alpha value is -1.57. The average Bonchev–Trinajstić information content (AvgIpc) is 2.41. The summed E-state index contributed by atoms with van der Waals surface area (Å²) in [6.45, 7) is 1.98. The number of carbonyl (C=O) groups is 1. The maximum atomic E-state index is 12.0. The van der Waals surface area contributed by atoms with E-state index in [-0.39, 0.29) is 5.78 Å². The zero-order valence-corrected chi connectivity index (χ0v) is 11.9. The molecule has 3 heteroatoms. The van der Waals surface area contributed by atoms with Crippen molar-refractivity contribution in [1.29, 1.82) is 0 Å². The molecule has 0 atom stereocenters. The maximum Gasteiger partial charge on any atom is 0.185 e. The Bertz CT molecular complexity index is 628. The van der Waals surface area contributed by atoms with Gasteiger partial charge < -0.3 is 0 Å². The quantitative estimate of drug-likeness (QED) is 0.561. The second-order valence-corrected chi connectivity index (χ2v) is 4.99. The molecule has 0 saturated carbocycles. The van der Waals surface area contributed by atoms with Crippen LogP contribution < -0.4 is 0 Å². The Morgan fingerprint density at radius 2 is 1.74 bits per heavy atom.